The van der Waals surface area contributed by atoms with Crippen LogP contribution in [-0.2, 0) is 19.1 Å². The minimum Gasteiger partial charge on any atom is -0.464 e. The van der Waals surface area contributed by atoms with Gasteiger partial charge in [-0.2, -0.15) is 0 Å². The maximum Gasteiger partial charge on any atom is 0.343 e. The molecule has 0 aliphatic carbocycles. The molecule has 0 radical (unpaired) electrons. The highest BCUT2D eigenvalue weighted by molar-refractivity contribution is 6.83. The van der Waals surface area contributed by atoms with Gasteiger partial charge >= 0.3 is 5.97 Å². The molecule has 1 unspecified atom stereocenters. The quantitative estimate of drug-likeness (QED) is 0.401. The van der Waals surface area contributed by atoms with Crippen molar-refractivity contribution in [3.05, 3.63) is 0 Å². The number of rotatable bonds is 5. The van der Waals surface area contributed by atoms with E-state index in [1.54, 1.807) is 6.92 Å². The molecule has 0 saturated carbocycles. The summed E-state index contributed by atoms with van der Waals surface area (Å²) >= 11 is 5.09. The van der Waals surface area contributed by atoms with Crippen molar-refractivity contribution in [2.75, 3.05) is 13.7 Å². The summed E-state index contributed by atoms with van der Waals surface area (Å²) in [5.41, 5.74) is 0. The molecule has 0 aromatic heterocycles. The van der Waals surface area contributed by atoms with Crippen LogP contribution >= 0.6 is 11.6 Å². The monoisotopic (exact) mass is 207 g/mol. The van der Waals surface area contributed by atoms with E-state index >= 15 is 0 Å². The fourth-order valence-corrected chi connectivity index (χ4v) is 0.742. The van der Waals surface area contributed by atoms with E-state index in [1.165, 1.54) is 7.11 Å². The van der Waals surface area contributed by atoms with Gasteiger partial charge in [-0.3, -0.25) is 10.2 Å². The fraction of sp³-hybridized carbons (Fsp3) is 0.571. The average Bonchev–Trinajstić information content (AvgIpc) is 2.05. The van der Waals surface area contributed by atoms with Crippen LogP contribution in [0.1, 0.15) is 6.92 Å². The molecule has 0 aliphatic heterocycles. The second kappa shape index (κ2) is 5.66. The van der Waals surface area contributed by atoms with Crippen molar-refractivity contribution in [3.63, 3.8) is 0 Å². The number of carbonyl (C=O) groups excluding carboxylic acids is 2. The van der Waals surface area contributed by atoms with Crippen LogP contribution < -0.4 is 0 Å². The van der Waals surface area contributed by atoms with E-state index in [0.29, 0.717) is 0 Å². The van der Waals surface area contributed by atoms with Gasteiger partial charge < -0.3 is 9.47 Å². The lowest BCUT2D eigenvalue weighted by Gasteiger charge is -2.10. The van der Waals surface area contributed by atoms with Crippen molar-refractivity contribution in [3.8, 4) is 0 Å². The lowest BCUT2D eigenvalue weighted by atomic mass is 10.2. The van der Waals surface area contributed by atoms with Crippen LogP contribution in [0, 0.1) is 5.41 Å². The third-order valence-corrected chi connectivity index (χ3v) is 1.38. The second-order valence-electron chi connectivity index (χ2n) is 2.05. The van der Waals surface area contributed by atoms with Crippen molar-refractivity contribution in [2.24, 2.45) is 0 Å². The normalized spacial score (nSPS) is 11.9. The summed E-state index contributed by atoms with van der Waals surface area (Å²) in [6.45, 7) is 1.74. The van der Waals surface area contributed by atoms with Crippen molar-refractivity contribution in [1.29, 1.82) is 5.41 Å². The Balaban J connectivity index is 4.41. The highest BCUT2D eigenvalue weighted by atomic mass is 35.5. The Bertz CT molecular complexity index is 229. The molecule has 0 saturated heterocycles. The van der Waals surface area contributed by atoms with E-state index in [-0.39, 0.29) is 6.61 Å². The summed E-state index contributed by atoms with van der Waals surface area (Å²) in [5.74, 6) is -1.73. The SMILES string of the molecule is CCOC(=O)C(OC)C(=O)C(=N)Cl. The molecule has 0 spiro atoms. The third-order valence-electron chi connectivity index (χ3n) is 1.19. The second-order valence-corrected chi connectivity index (χ2v) is 2.42. The zero-order valence-electron chi connectivity index (χ0n) is 7.30. The zero-order chi connectivity index (χ0) is 10.4. The Kier molecular flexibility index (Phi) is 5.25. The summed E-state index contributed by atoms with van der Waals surface area (Å²) < 4.78 is 9.06. The van der Waals surface area contributed by atoms with Gasteiger partial charge in [0.05, 0.1) is 6.61 Å². The summed E-state index contributed by atoms with van der Waals surface area (Å²) in [7, 11) is 1.17. The van der Waals surface area contributed by atoms with E-state index < -0.39 is 23.0 Å². The summed E-state index contributed by atoms with van der Waals surface area (Å²) in [5, 5.41) is 6.04. The molecule has 0 aliphatic rings. The molecule has 0 heterocycles. The van der Waals surface area contributed by atoms with Gasteiger partial charge in [-0.25, -0.2) is 4.79 Å². The number of halogens is 1. The van der Waals surface area contributed by atoms with Gasteiger partial charge in [0.25, 0.3) is 0 Å². The number of hydrogen-bond acceptors (Lipinski definition) is 5. The van der Waals surface area contributed by atoms with Crippen LogP contribution in [0.2, 0.25) is 0 Å². The first-order valence-electron chi connectivity index (χ1n) is 3.52. The zero-order valence-corrected chi connectivity index (χ0v) is 8.05. The van der Waals surface area contributed by atoms with E-state index in [1.807, 2.05) is 0 Å². The molecule has 0 fully saturated rings. The molecular weight excluding hydrogens is 198 g/mol. The molecule has 6 heteroatoms. The highest BCUT2D eigenvalue weighted by Gasteiger charge is 2.29. The molecule has 0 rings (SSSR count). The maximum absolute atomic E-state index is 11.0. The lowest BCUT2D eigenvalue weighted by molar-refractivity contribution is -0.157. The standard InChI is InChI=1S/C7H10ClNO4/c1-3-13-7(11)5(12-2)4(10)6(8)9/h5,9H,3H2,1-2H3. The fourth-order valence-electron chi connectivity index (χ4n) is 0.643. The number of ether oxygens (including phenoxy) is 2. The molecule has 0 amide bonds. The Hall–Kier alpha value is -0.940. The molecule has 5 nitrogen and oxygen atoms in total. The summed E-state index contributed by atoms with van der Waals surface area (Å²) in [6.07, 6.45) is -1.43. The predicted octanol–water partition coefficient (Wildman–Crippen LogP) is 0.350. The third kappa shape index (κ3) is 3.52. The molecule has 74 valence electrons. The lowest BCUT2D eigenvalue weighted by Crippen LogP contribution is -2.36. The molecule has 13 heavy (non-hydrogen) atoms. The molecule has 1 N–H and O–H groups in total. The summed E-state index contributed by atoms with van der Waals surface area (Å²) in [6, 6.07) is 0. The molecule has 0 aromatic rings. The first-order chi connectivity index (χ1) is 6.04. The Morgan fingerprint density at radius 3 is 2.38 bits per heavy atom. The van der Waals surface area contributed by atoms with Gasteiger partial charge in [0.1, 0.15) is 0 Å². The highest BCUT2D eigenvalue weighted by Crippen LogP contribution is 1.99. The smallest absolute Gasteiger partial charge is 0.343 e. The first kappa shape index (κ1) is 12.1. The van der Waals surface area contributed by atoms with E-state index in [4.69, 9.17) is 17.0 Å². The van der Waals surface area contributed by atoms with Crippen LogP contribution in [0.25, 0.3) is 0 Å². The number of ketones is 1. The number of esters is 1. The van der Waals surface area contributed by atoms with Crippen LogP contribution in [0.4, 0.5) is 0 Å². The minimum absolute atomic E-state index is 0.140. The Labute approximate surface area is 80.5 Å². The largest absolute Gasteiger partial charge is 0.464 e. The minimum atomic E-state index is -1.43. The van der Waals surface area contributed by atoms with Crippen LogP contribution in [0.15, 0.2) is 0 Å². The Morgan fingerprint density at radius 2 is 2.08 bits per heavy atom. The van der Waals surface area contributed by atoms with Crippen molar-refractivity contribution >= 4 is 28.5 Å². The van der Waals surface area contributed by atoms with Gasteiger partial charge in [-0.15, -0.1) is 0 Å². The predicted molar refractivity (Wildman–Crippen MR) is 46.0 cm³/mol. The first-order valence-corrected chi connectivity index (χ1v) is 3.90. The van der Waals surface area contributed by atoms with Crippen molar-refractivity contribution < 1.29 is 19.1 Å². The van der Waals surface area contributed by atoms with Gasteiger partial charge in [-0.1, -0.05) is 11.6 Å². The molecule has 0 bridgehead atoms. The Morgan fingerprint density at radius 1 is 1.54 bits per heavy atom. The van der Waals surface area contributed by atoms with E-state index in [9.17, 15) is 9.59 Å². The topological polar surface area (TPSA) is 76.5 Å². The number of Topliss-reactive ketones (excluding diaryl/α,β-unsaturated/α-hetero) is 1. The van der Waals surface area contributed by atoms with Crippen LogP contribution in [0.3, 0.4) is 0 Å². The van der Waals surface area contributed by atoms with Gasteiger partial charge in [0.15, 0.2) is 5.17 Å². The van der Waals surface area contributed by atoms with Crippen molar-refractivity contribution in [2.45, 2.75) is 13.0 Å². The number of methoxy groups -OCH3 is 1. The van der Waals surface area contributed by atoms with Crippen LogP contribution in [-0.4, -0.2) is 36.7 Å². The number of carbonyl (C=O) groups is 2. The maximum atomic E-state index is 11.0. The van der Waals surface area contributed by atoms with E-state index in [2.05, 4.69) is 9.47 Å². The summed E-state index contributed by atoms with van der Waals surface area (Å²) in [4.78, 5) is 22.0. The van der Waals surface area contributed by atoms with Gasteiger partial charge in [0, 0.05) is 7.11 Å². The molecular formula is C7H10ClNO4. The van der Waals surface area contributed by atoms with Gasteiger partial charge in [-0.05, 0) is 6.92 Å². The van der Waals surface area contributed by atoms with Gasteiger partial charge in [0.2, 0.25) is 11.9 Å². The average molecular weight is 208 g/mol. The molecule has 0 aromatic carbocycles. The number of hydrogen-bond donors (Lipinski definition) is 1. The number of nitrogens with one attached hydrogen (secondary N) is 1. The van der Waals surface area contributed by atoms with E-state index in [0.717, 1.165) is 0 Å². The van der Waals surface area contributed by atoms with Crippen LogP contribution in [0.5, 0.6) is 0 Å². The van der Waals surface area contributed by atoms with Crippen molar-refractivity contribution in [1.82, 2.24) is 0 Å². The molecule has 1 atom stereocenters.